The molecule has 27 heavy (non-hydrogen) atoms. The van der Waals surface area contributed by atoms with Gasteiger partial charge in [-0.25, -0.2) is 19.3 Å². The van der Waals surface area contributed by atoms with E-state index in [0.29, 0.717) is 24.5 Å². The number of hydrogen-bond acceptors (Lipinski definition) is 6. The van der Waals surface area contributed by atoms with Crippen LogP contribution in [-0.4, -0.2) is 43.8 Å². The highest BCUT2D eigenvalue weighted by molar-refractivity contribution is 6.03. The molecular formula is C17H16FN7O2. The minimum atomic E-state index is -0.550. The molecule has 0 bridgehead atoms. The molecule has 1 atom stereocenters. The monoisotopic (exact) mass is 369 g/mol. The Morgan fingerprint density at radius 2 is 2.15 bits per heavy atom. The number of carbonyl (C=O) groups excluding carboxylic acids is 2. The van der Waals surface area contributed by atoms with E-state index in [-0.39, 0.29) is 22.9 Å². The van der Waals surface area contributed by atoms with Crippen molar-refractivity contribution in [3.8, 4) is 0 Å². The van der Waals surface area contributed by atoms with Gasteiger partial charge < -0.3 is 15.5 Å². The normalized spacial score (nSPS) is 16.9. The summed E-state index contributed by atoms with van der Waals surface area (Å²) < 4.78 is 15.6. The minimum absolute atomic E-state index is 0.0389. The molecule has 0 saturated carbocycles. The van der Waals surface area contributed by atoms with Gasteiger partial charge in [0.2, 0.25) is 5.91 Å². The molecule has 2 amide bonds. The van der Waals surface area contributed by atoms with Crippen LogP contribution in [-0.2, 0) is 4.79 Å². The van der Waals surface area contributed by atoms with E-state index in [1.807, 2.05) is 0 Å². The number of rotatable bonds is 3. The predicted molar refractivity (Wildman–Crippen MR) is 94.8 cm³/mol. The Bertz CT molecular complexity index is 1050. The maximum absolute atomic E-state index is 14.1. The van der Waals surface area contributed by atoms with E-state index in [0.717, 1.165) is 0 Å². The molecule has 10 heteroatoms. The van der Waals surface area contributed by atoms with Gasteiger partial charge in [-0.05, 0) is 13.3 Å². The topological polar surface area (TPSA) is 119 Å². The zero-order chi connectivity index (χ0) is 19.1. The lowest BCUT2D eigenvalue weighted by molar-refractivity contribution is -0.118. The summed E-state index contributed by atoms with van der Waals surface area (Å²) in [5.74, 6) is -0.980. The molecule has 1 aliphatic rings. The van der Waals surface area contributed by atoms with Crippen molar-refractivity contribution in [1.82, 2.24) is 19.4 Å². The maximum atomic E-state index is 14.1. The number of nitrogens with one attached hydrogen (secondary N) is 1. The van der Waals surface area contributed by atoms with Crippen LogP contribution in [0.1, 0.15) is 22.6 Å². The van der Waals surface area contributed by atoms with Crippen molar-refractivity contribution in [2.75, 3.05) is 16.8 Å². The first kappa shape index (κ1) is 17.0. The Morgan fingerprint density at radius 1 is 1.33 bits per heavy atom. The fourth-order valence-electron chi connectivity index (χ4n) is 2.95. The zero-order valence-corrected chi connectivity index (χ0v) is 14.4. The lowest BCUT2D eigenvalue weighted by atomic mass is 10.3. The molecule has 0 unspecified atom stereocenters. The quantitative estimate of drug-likeness (QED) is 0.708. The van der Waals surface area contributed by atoms with Gasteiger partial charge in [0, 0.05) is 25.0 Å². The summed E-state index contributed by atoms with van der Waals surface area (Å²) in [6, 6.07) is 0.651. The maximum Gasteiger partial charge on any atom is 0.275 e. The molecule has 138 valence electrons. The van der Waals surface area contributed by atoms with Crippen molar-refractivity contribution in [1.29, 1.82) is 0 Å². The van der Waals surface area contributed by atoms with Gasteiger partial charge in [0.1, 0.15) is 5.69 Å². The summed E-state index contributed by atoms with van der Waals surface area (Å²) in [6.45, 7) is 2.21. The number of hydrogen-bond donors (Lipinski definition) is 2. The number of nitrogens with zero attached hydrogens (tertiary/aromatic N) is 5. The zero-order valence-electron chi connectivity index (χ0n) is 14.4. The smallest absolute Gasteiger partial charge is 0.275 e. The minimum Gasteiger partial charge on any atom is -0.320 e. The molecule has 0 aliphatic carbocycles. The summed E-state index contributed by atoms with van der Waals surface area (Å²) >= 11 is 0. The van der Waals surface area contributed by atoms with E-state index in [2.05, 4.69) is 20.3 Å². The highest BCUT2D eigenvalue weighted by Gasteiger charge is 2.30. The van der Waals surface area contributed by atoms with Crippen LogP contribution in [0.15, 0.2) is 30.9 Å². The lowest BCUT2D eigenvalue weighted by Crippen LogP contribution is -2.34. The Morgan fingerprint density at radius 3 is 2.81 bits per heavy atom. The molecule has 1 aliphatic heterocycles. The number of fused-ring (bicyclic) bond motifs is 1. The summed E-state index contributed by atoms with van der Waals surface area (Å²) in [5, 5.41) is 2.57. The highest BCUT2D eigenvalue weighted by Crippen LogP contribution is 2.19. The number of aryl methyl sites for hydroxylation is 1. The first-order valence-electron chi connectivity index (χ1n) is 8.27. The summed E-state index contributed by atoms with van der Waals surface area (Å²) in [6.07, 6.45) is 6.36. The van der Waals surface area contributed by atoms with E-state index in [4.69, 9.17) is 5.73 Å². The van der Waals surface area contributed by atoms with Gasteiger partial charge in [-0.1, -0.05) is 0 Å². The molecule has 4 heterocycles. The molecule has 0 spiro atoms. The number of carbonyl (C=O) groups is 2. The first-order chi connectivity index (χ1) is 12.9. The lowest BCUT2D eigenvalue weighted by Gasteiger charge is -2.14. The molecular weight excluding hydrogens is 353 g/mol. The molecule has 1 saturated heterocycles. The van der Waals surface area contributed by atoms with Gasteiger partial charge in [0.05, 0.1) is 29.8 Å². The molecule has 1 fully saturated rings. The third-order valence-corrected chi connectivity index (χ3v) is 4.28. The van der Waals surface area contributed by atoms with E-state index in [1.165, 1.54) is 27.8 Å². The van der Waals surface area contributed by atoms with E-state index >= 15 is 0 Å². The number of imidazole rings is 1. The largest absolute Gasteiger partial charge is 0.320 e. The molecule has 9 nitrogen and oxygen atoms in total. The number of halogens is 1. The second kappa shape index (κ2) is 6.40. The number of pyridine rings is 1. The fraction of sp³-hybridized carbons (Fsp3) is 0.235. The molecule has 0 radical (unpaired) electrons. The standard InChI is InChI=1S/C17H16FN7O2/c1-9-7-24-8-10(4-11(18)15(24)22-9)23-16(26)13-5-21-14(6-20-13)25-3-2-12(19)17(25)27/h4-8,12H,2-3,19H2,1H3,(H,23,26)/t12-/m1/s1. The molecule has 3 N–H and O–H groups in total. The third kappa shape index (κ3) is 3.10. The third-order valence-electron chi connectivity index (χ3n) is 4.28. The van der Waals surface area contributed by atoms with E-state index in [1.54, 1.807) is 19.3 Å². The molecule has 3 aromatic rings. The molecule has 0 aromatic carbocycles. The number of amides is 2. The van der Waals surface area contributed by atoms with Crippen LogP contribution in [0.2, 0.25) is 0 Å². The summed E-state index contributed by atoms with van der Waals surface area (Å²) in [4.78, 5) is 37.9. The van der Waals surface area contributed by atoms with Crippen LogP contribution in [0.4, 0.5) is 15.9 Å². The van der Waals surface area contributed by atoms with Crippen LogP contribution < -0.4 is 16.0 Å². The molecule has 4 rings (SSSR count). The van der Waals surface area contributed by atoms with Gasteiger partial charge in [-0.2, -0.15) is 0 Å². The van der Waals surface area contributed by atoms with Gasteiger partial charge >= 0.3 is 0 Å². The first-order valence-corrected chi connectivity index (χ1v) is 8.27. The van der Waals surface area contributed by atoms with Gasteiger partial charge in [-0.15, -0.1) is 0 Å². The van der Waals surface area contributed by atoms with Crippen LogP contribution in [0.3, 0.4) is 0 Å². The Balaban J connectivity index is 1.52. The fourth-order valence-corrected chi connectivity index (χ4v) is 2.95. The Hall–Kier alpha value is -3.40. The van der Waals surface area contributed by atoms with Gasteiger partial charge in [-0.3, -0.25) is 14.5 Å². The SMILES string of the molecule is Cc1cn2cc(NC(=O)c3cnc(N4CC[C@@H](N)C4=O)cn3)cc(F)c2n1. The van der Waals surface area contributed by atoms with Crippen molar-refractivity contribution in [3.63, 3.8) is 0 Å². The highest BCUT2D eigenvalue weighted by atomic mass is 19.1. The van der Waals surface area contributed by atoms with Crippen molar-refractivity contribution < 1.29 is 14.0 Å². The number of nitrogens with two attached hydrogens (primary N) is 1. The second-order valence-electron chi connectivity index (χ2n) is 6.29. The number of anilines is 2. The van der Waals surface area contributed by atoms with Crippen LogP contribution in [0.25, 0.3) is 5.65 Å². The molecule has 3 aromatic heterocycles. The van der Waals surface area contributed by atoms with E-state index < -0.39 is 17.8 Å². The van der Waals surface area contributed by atoms with Crippen molar-refractivity contribution in [2.24, 2.45) is 5.73 Å². The average molecular weight is 369 g/mol. The summed E-state index contributed by atoms with van der Waals surface area (Å²) in [7, 11) is 0. The van der Waals surface area contributed by atoms with Crippen molar-refractivity contribution in [2.45, 2.75) is 19.4 Å². The van der Waals surface area contributed by atoms with Crippen LogP contribution >= 0.6 is 0 Å². The Kier molecular flexibility index (Phi) is 4.04. The van der Waals surface area contributed by atoms with Crippen LogP contribution in [0, 0.1) is 12.7 Å². The Labute approximate surface area is 153 Å². The second-order valence-corrected chi connectivity index (χ2v) is 6.29. The summed E-state index contributed by atoms with van der Waals surface area (Å²) in [5.41, 5.74) is 6.83. The number of aromatic nitrogens is 4. The van der Waals surface area contributed by atoms with Gasteiger partial charge in [0.15, 0.2) is 17.3 Å². The van der Waals surface area contributed by atoms with E-state index in [9.17, 15) is 14.0 Å². The van der Waals surface area contributed by atoms with Crippen molar-refractivity contribution in [3.05, 3.63) is 48.1 Å². The van der Waals surface area contributed by atoms with Gasteiger partial charge in [0.25, 0.3) is 5.91 Å². The average Bonchev–Trinajstić information content (AvgIpc) is 3.18. The van der Waals surface area contributed by atoms with Crippen molar-refractivity contribution >= 4 is 29.0 Å². The van der Waals surface area contributed by atoms with Crippen LogP contribution in [0.5, 0.6) is 0 Å². The predicted octanol–water partition coefficient (Wildman–Crippen LogP) is 0.888.